The normalized spacial score (nSPS) is 16.4. The molecule has 0 heterocycles. The molecule has 0 bridgehead atoms. The lowest BCUT2D eigenvalue weighted by Gasteiger charge is -2.23. The van der Waals surface area contributed by atoms with Crippen LogP contribution in [0, 0.1) is 10.8 Å². The van der Waals surface area contributed by atoms with Crippen LogP contribution in [-0.2, 0) is 4.74 Å². The Morgan fingerprint density at radius 1 is 0.737 bits per heavy atom. The minimum atomic E-state index is -0.292. The molecule has 0 saturated heterocycles. The predicted octanol–water partition coefficient (Wildman–Crippen LogP) is 3.38. The van der Waals surface area contributed by atoms with Gasteiger partial charge >= 0.3 is 0 Å². The van der Waals surface area contributed by atoms with Crippen molar-refractivity contribution in [3.63, 3.8) is 0 Å². The van der Waals surface area contributed by atoms with Crippen LogP contribution in [0.25, 0.3) is 0 Å². The van der Waals surface area contributed by atoms with E-state index in [0.29, 0.717) is 26.1 Å². The number of ether oxygens (including phenoxy) is 1. The molecule has 19 heavy (non-hydrogen) atoms. The van der Waals surface area contributed by atoms with Gasteiger partial charge in [-0.3, -0.25) is 0 Å². The second-order valence-electron chi connectivity index (χ2n) is 8.03. The molecule has 0 rings (SSSR count). The van der Waals surface area contributed by atoms with Crippen molar-refractivity contribution < 1.29 is 14.9 Å². The molecular weight excluding hydrogens is 240 g/mol. The highest BCUT2D eigenvalue weighted by molar-refractivity contribution is 4.69. The van der Waals surface area contributed by atoms with Crippen LogP contribution in [0.4, 0.5) is 0 Å². The van der Waals surface area contributed by atoms with Gasteiger partial charge in [-0.05, 0) is 36.5 Å². The van der Waals surface area contributed by atoms with E-state index in [9.17, 15) is 10.2 Å². The molecule has 0 aromatic heterocycles. The Morgan fingerprint density at radius 3 is 1.32 bits per heavy atom. The third-order valence-electron chi connectivity index (χ3n) is 2.89. The van der Waals surface area contributed by atoms with Crippen molar-refractivity contribution in [3.05, 3.63) is 0 Å². The summed E-state index contributed by atoms with van der Waals surface area (Å²) in [6.07, 6.45) is 2.35. The number of rotatable bonds is 8. The van der Waals surface area contributed by atoms with Gasteiger partial charge in [-0.1, -0.05) is 41.5 Å². The zero-order chi connectivity index (χ0) is 15.1. The summed E-state index contributed by atoms with van der Waals surface area (Å²) in [5.74, 6) is 0. The Labute approximate surface area is 119 Å². The third kappa shape index (κ3) is 14.1. The molecule has 0 aromatic carbocycles. The molecule has 2 unspecified atom stereocenters. The van der Waals surface area contributed by atoms with Gasteiger partial charge in [-0.25, -0.2) is 0 Å². The molecule has 116 valence electrons. The molecule has 0 radical (unpaired) electrons. The summed E-state index contributed by atoms with van der Waals surface area (Å²) < 4.78 is 5.48. The lowest BCUT2D eigenvalue weighted by molar-refractivity contribution is 0.0373. The first-order valence-electron chi connectivity index (χ1n) is 7.43. The maximum Gasteiger partial charge on any atom is 0.0567 e. The Balaban J connectivity index is 3.55. The van der Waals surface area contributed by atoms with Gasteiger partial charge in [0.15, 0.2) is 0 Å². The van der Waals surface area contributed by atoms with Crippen molar-refractivity contribution in [3.8, 4) is 0 Å². The summed E-state index contributed by atoms with van der Waals surface area (Å²) in [4.78, 5) is 0. The van der Waals surface area contributed by atoms with Crippen LogP contribution in [0.15, 0.2) is 0 Å². The van der Waals surface area contributed by atoms with Crippen molar-refractivity contribution in [2.45, 2.75) is 79.4 Å². The van der Waals surface area contributed by atoms with E-state index in [1.165, 1.54) is 0 Å². The van der Waals surface area contributed by atoms with Crippen molar-refractivity contribution in [1.29, 1.82) is 0 Å². The third-order valence-corrected chi connectivity index (χ3v) is 2.89. The predicted molar refractivity (Wildman–Crippen MR) is 80.2 cm³/mol. The summed E-state index contributed by atoms with van der Waals surface area (Å²) in [6, 6.07) is 0. The molecule has 3 nitrogen and oxygen atoms in total. The Hall–Kier alpha value is -0.120. The average Bonchev–Trinajstić information content (AvgIpc) is 2.10. The van der Waals surface area contributed by atoms with Crippen LogP contribution < -0.4 is 0 Å². The van der Waals surface area contributed by atoms with Gasteiger partial charge in [0.25, 0.3) is 0 Å². The zero-order valence-electron chi connectivity index (χ0n) is 13.7. The maximum absolute atomic E-state index is 9.82. The summed E-state index contributed by atoms with van der Waals surface area (Å²) in [6.45, 7) is 13.9. The van der Waals surface area contributed by atoms with Gasteiger partial charge < -0.3 is 14.9 Å². The monoisotopic (exact) mass is 274 g/mol. The fourth-order valence-electron chi connectivity index (χ4n) is 2.16. The van der Waals surface area contributed by atoms with Crippen LogP contribution >= 0.6 is 0 Å². The van der Waals surface area contributed by atoms with E-state index < -0.39 is 0 Å². The molecule has 0 aliphatic rings. The molecular formula is C16H34O3. The smallest absolute Gasteiger partial charge is 0.0567 e. The SMILES string of the molecule is CC(C)(C)CC(O)CCOCCC(O)CC(C)(C)C. The molecule has 0 aromatic rings. The Morgan fingerprint density at radius 2 is 1.05 bits per heavy atom. The molecule has 0 spiro atoms. The highest BCUT2D eigenvalue weighted by atomic mass is 16.5. The van der Waals surface area contributed by atoms with E-state index in [4.69, 9.17) is 4.74 Å². The van der Waals surface area contributed by atoms with Gasteiger partial charge in [0.05, 0.1) is 12.2 Å². The quantitative estimate of drug-likeness (QED) is 0.667. The first-order valence-corrected chi connectivity index (χ1v) is 7.43. The van der Waals surface area contributed by atoms with Crippen molar-refractivity contribution in [2.24, 2.45) is 10.8 Å². The van der Waals surface area contributed by atoms with Gasteiger partial charge in [0.1, 0.15) is 0 Å². The van der Waals surface area contributed by atoms with E-state index in [1.807, 2.05) is 0 Å². The Bertz CT molecular complexity index is 201. The van der Waals surface area contributed by atoms with Crippen molar-refractivity contribution in [1.82, 2.24) is 0 Å². The average molecular weight is 274 g/mol. The standard InChI is InChI=1S/C16H34O3/c1-15(2,3)11-13(17)7-9-19-10-8-14(18)12-16(4,5)6/h13-14,17-18H,7-12H2,1-6H3. The number of hydrogen-bond acceptors (Lipinski definition) is 3. The van der Waals surface area contributed by atoms with E-state index in [2.05, 4.69) is 41.5 Å². The summed E-state index contributed by atoms with van der Waals surface area (Å²) in [5, 5.41) is 19.6. The van der Waals surface area contributed by atoms with Gasteiger partial charge in [0.2, 0.25) is 0 Å². The van der Waals surface area contributed by atoms with Crippen molar-refractivity contribution in [2.75, 3.05) is 13.2 Å². The van der Waals surface area contributed by atoms with Crippen LogP contribution in [-0.4, -0.2) is 35.6 Å². The van der Waals surface area contributed by atoms with Gasteiger partial charge in [-0.2, -0.15) is 0 Å². The first-order chi connectivity index (χ1) is 8.49. The van der Waals surface area contributed by atoms with Crippen LogP contribution in [0.1, 0.15) is 67.2 Å². The second-order valence-corrected chi connectivity index (χ2v) is 8.03. The maximum atomic E-state index is 9.82. The highest BCUT2D eigenvalue weighted by Crippen LogP contribution is 2.23. The molecule has 0 aliphatic heterocycles. The highest BCUT2D eigenvalue weighted by Gasteiger charge is 2.17. The Kier molecular flexibility index (Phi) is 8.18. The summed E-state index contributed by atoms with van der Waals surface area (Å²) in [7, 11) is 0. The molecule has 0 amide bonds. The summed E-state index contributed by atoms with van der Waals surface area (Å²) in [5.41, 5.74) is 0.310. The molecule has 0 saturated carbocycles. The van der Waals surface area contributed by atoms with E-state index in [-0.39, 0.29) is 23.0 Å². The molecule has 0 aliphatic carbocycles. The molecule has 2 atom stereocenters. The first kappa shape index (κ1) is 18.9. The van der Waals surface area contributed by atoms with Crippen LogP contribution in [0.3, 0.4) is 0 Å². The van der Waals surface area contributed by atoms with E-state index >= 15 is 0 Å². The van der Waals surface area contributed by atoms with Gasteiger partial charge in [0, 0.05) is 13.2 Å². The number of aliphatic hydroxyl groups is 2. The number of aliphatic hydroxyl groups excluding tert-OH is 2. The van der Waals surface area contributed by atoms with Crippen molar-refractivity contribution >= 4 is 0 Å². The minimum Gasteiger partial charge on any atom is -0.393 e. The zero-order valence-corrected chi connectivity index (χ0v) is 13.7. The molecule has 2 N–H and O–H groups in total. The van der Waals surface area contributed by atoms with Crippen LogP contribution in [0.2, 0.25) is 0 Å². The van der Waals surface area contributed by atoms with Gasteiger partial charge in [-0.15, -0.1) is 0 Å². The topological polar surface area (TPSA) is 49.7 Å². The summed E-state index contributed by atoms with van der Waals surface area (Å²) >= 11 is 0. The minimum absolute atomic E-state index is 0.155. The fourth-order valence-corrected chi connectivity index (χ4v) is 2.16. The second kappa shape index (κ2) is 8.23. The lowest BCUT2D eigenvalue weighted by Crippen LogP contribution is -2.21. The number of hydrogen-bond donors (Lipinski definition) is 2. The van der Waals surface area contributed by atoms with E-state index in [0.717, 1.165) is 12.8 Å². The molecule has 3 heteroatoms. The molecule has 0 fully saturated rings. The fraction of sp³-hybridized carbons (Fsp3) is 1.00. The lowest BCUT2D eigenvalue weighted by atomic mass is 9.88. The van der Waals surface area contributed by atoms with Crippen LogP contribution in [0.5, 0.6) is 0 Å². The largest absolute Gasteiger partial charge is 0.393 e. The van der Waals surface area contributed by atoms with E-state index in [1.54, 1.807) is 0 Å².